The van der Waals surface area contributed by atoms with Crippen LogP contribution in [-0.2, 0) is 9.57 Å². The largest absolute Gasteiger partial charge is 0.459 e. The fraction of sp³-hybridized carbons (Fsp3) is 0.574. The number of aliphatic hydroxyl groups is 2. The first-order valence-corrected chi connectivity index (χ1v) is 24.7. The van der Waals surface area contributed by atoms with Crippen LogP contribution in [-0.4, -0.2) is 84.7 Å². The zero-order valence-corrected chi connectivity index (χ0v) is 39.3. The fourth-order valence-corrected chi connectivity index (χ4v) is 10.5. The van der Waals surface area contributed by atoms with Crippen molar-refractivity contribution in [1.82, 2.24) is 10.2 Å². The number of unbranched alkanes of at least 4 members (excludes halogenated alkanes) is 11. The molecule has 3 N–H and O–H groups in total. The van der Waals surface area contributed by atoms with Crippen LogP contribution in [0.2, 0.25) is 0 Å². The molecular formula is C54H75N3O8. The Balaban J connectivity index is 1.36. The molecule has 1 fully saturated rings. The second-order valence-corrected chi connectivity index (χ2v) is 18.2. The number of likely N-dealkylation sites (N-methyl/N-ethyl adjacent to an activating group) is 1. The summed E-state index contributed by atoms with van der Waals surface area (Å²) in [6.45, 7) is 9.44. The van der Waals surface area contributed by atoms with E-state index in [2.05, 4.69) is 24.9 Å². The minimum Gasteiger partial charge on any atom is -0.459 e. The van der Waals surface area contributed by atoms with Gasteiger partial charge in [0.1, 0.15) is 24.1 Å². The molecule has 0 spiro atoms. The number of allylic oxidation sites excluding steroid dienone is 1. The second-order valence-electron chi connectivity index (χ2n) is 18.2. The zero-order valence-electron chi connectivity index (χ0n) is 39.3. The van der Waals surface area contributed by atoms with Crippen LogP contribution in [0.5, 0.6) is 11.5 Å². The highest BCUT2D eigenvalue weighted by atomic mass is 16.7. The predicted octanol–water partition coefficient (Wildman–Crippen LogP) is 11.3. The van der Waals surface area contributed by atoms with Crippen molar-refractivity contribution in [2.45, 2.75) is 141 Å². The van der Waals surface area contributed by atoms with Crippen molar-refractivity contribution in [2.75, 3.05) is 40.0 Å². The third-order valence-electron chi connectivity index (χ3n) is 13.7. The number of benzene rings is 3. The Morgan fingerprint density at radius 2 is 1.58 bits per heavy atom. The Labute approximate surface area is 387 Å². The molecule has 11 nitrogen and oxygen atoms in total. The second kappa shape index (κ2) is 25.3. The van der Waals surface area contributed by atoms with Gasteiger partial charge in [0.25, 0.3) is 5.91 Å². The zero-order chi connectivity index (χ0) is 46.0. The van der Waals surface area contributed by atoms with E-state index in [4.69, 9.17) is 24.2 Å². The summed E-state index contributed by atoms with van der Waals surface area (Å²) in [7, 11) is 1.81. The normalized spacial score (nSPS) is 22.6. The highest BCUT2D eigenvalue weighted by Gasteiger charge is 2.65. The predicted molar refractivity (Wildman–Crippen MR) is 258 cm³/mol. The van der Waals surface area contributed by atoms with E-state index in [1.165, 1.54) is 44.9 Å². The van der Waals surface area contributed by atoms with Gasteiger partial charge < -0.3 is 39.5 Å². The molecule has 3 aromatic carbocycles. The van der Waals surface area contributed by atoms with E-state index >= 15 is 0 Å². The SMILES string of the molecule is C=CCOC12Oc3ccc(OC(=O)NCCCCCCCCCCCC)cc3C3C(CCCCO)C(CCCCO)C=C(C(=NOCC)CC1N(C)C(=O)c1ccc4ccccc4c1)C32. The van der Waals surface area contributed by atoms with Gasteiger partial charge in [0.15, 0.2) is 0 Å². The number of rotatable bonds is 27. The van der Waals surface area contributed by atoms with Gasteiger partial charge in [-0.05, 0) is 97.5 Å². The molecule has 2 amide bonds. The van der Waals surface area contributed by atoms with Gasteiger partial charge in [0.2, 0.25) is 5.79 Å². The quantitative estimate of drug-likeness (QED) is 0.0391. The number of nitrogens with zero attached hydrogens (tertiary/aromatic N) is 2. The molecule has 6 rings (SSSR count). The van der Waals surface area contributed by atoms with E-state index in [-0.39, 0.29) is 43.5 Å². The van der Waals surface area contributed by atoms with Crippen LogP contribution in [0.1, 0.15) is 145 Å². The van der Waals surface area contributed by atoms with Crippen LogP contribution in [0.15, 0.2) is 90.1 Å². The van der Waals surface area contributed by atoms with Gasteiger partial charge in [-0.3, -0.25) is 4.79 Å². The summed E-state index contributed by atoms with van der Waals surface area (Å²) in [6, 6.07) is 18.7. The summed E-state index contributed by atoms with van der Waals surface area (Å²) in [5.74, 6) is -1.14. The average molecular weight is 894 g/mol. The molecule has 1 saturated carbocycles. The van der Waals surface area contributed by atoms with Crippen LogP contribution in [0.3, 0.4) is 0 Å². The van der Waals surface area contributed by atoms with Crippen molar-refractivity contribution in [3.63, 3.8) is 0 Å². The molecular weight excluding hydrogens is 819 g/mol. The van der Waals surface area contributed by atoms with Gasteiger partial charge in [-0.15, -0.1) is 6.58 Å². The van der Waals surface area contributed by atoms with Crippen LogP contribution in [0.25, 0.3) is 10.8 Å². The number of amides is 2. The van der Waals surface area contributed by atoms with Crippen molar-refractivity contribution in [2.24, 2.45) is 22.9 Å². The lowest BCUT2D eigenvalue weighted by molar-refractivity contribution is -0.252. The van der Waals surface area contributed by atoms with Gasteiger partial charge in [-0.25, -0.2) is 4.79 Å². The number of carbonyl (C=O) groups is 2. The monoisotopic (exact) mass is 894 g/mol. The summed E-state index contributed by atoms with van der Waals surface area (Å²) in [6.07, 6.45) is 20.6. The third kappa shape index (κ3) is 12.4. The van der Waals surface area contributed by atoms with Crippen LogP contribution >= 0.6 is 0 Å². The lowest BCUT2D eigenvalue weighted by Gasteiger charge is -2.59. The molecule has 0 saturated heterocycles. The van der Waals surface area contributed by atoms with Crippen molar-refractivity contribution >= 4 is 28.5 Å². The minimum absolute atomic E-state index is 0.0392. The Morgan fingerprint density at radius 1 is 0.877 bits per heavy atom. The molecule has 6 unspecified atom stereocenters. The standard InChI is InChI=1S/C54H75N3O8/c1-5-8-9-10-11-12-13-14-15-20-31-55-53(61)64-43-29-30-48-46(37-43)50-44(26-19-22-33-59)41(25-18-21-32-58)36-45-47(56-63-7-3)38-49(54(65-48,51(45)50)62-34-6-2)57(4)52(60)42-28-27-39-23-16-17-24-40(39)35-42/h6,16-17,23-24,27-30,35-37,41,44,49-51,58-59H,2,5,7-15,18-22,25-26,31-34,38H2,1,3-4H3,(H,55,61). The van der Waals surface area contributed by atoms with Crippen molar-refractivity contribution < 1.29 is 38.9 Å². The maximum atomic E-state index is 14.8. The summed E-state index contributed by atoms with van der Waals surface area (Å²) in [5, 5.41) is 29.6. The van der Waals surface area contributed by atoms with E-state index in [1.807, 2.05) is 68.6 Å². The van der Waals surface area contributed by atoms with E-state index in [0.29, 0.717) is 49.5 Å². The van der Waals surface area contributed by atoms with Crippen molar-refractivity contribution in [3.05, 3.63) is 96.1 Å². The molecule has 6 atom stereocenters. The van der Waals surface area contributed by atoms with Crippen molar-refractivity contribution in [1.29, 1.82) is 0 Å². The van der Waals surface area contributed by atoms with E-state index < -0.39 is 23.8 Å². The average Bonchev–Trinajstić information content (AvgIpc) is 3.32. The number of aliphatic hydroxyl groups excluding tert-OH is 2. The first kappa shape index (κ1) is 49.7. The number of hydrogen-bond acceptors (Lipinski definition) is 9. The molecule has 1 aliphatic heterocycles. The summed E-state index contributed by atoms with van der Waals surface area (Å²) in [4.78, 5) is 35.7. The Morgan fingerprint density at radius 3 is 2.29 bits per heavy atom. The topological polar surface area (TPSA) is 139 Å². The third-order valence-corrected chi connectivity index (χ3v) is 13.7. The molecule has 3 aromatic rings. The maximum absolute atomic E-state index is 14.8. The van der Waals surface area contributed by atoms with E-state index in [0.717, 1.165) is 72.6 Å². The fourth-order valence-electron chi connectivity index (χ4n) is 10.5. The highest BCUT2D eigenvalue weighted by Crippen LogP contribution is 2.62. The summed E-state index contributed by atoms with van der Waals surface area (Å²) >= 11 is 0. The number of ether oxygens (including phenoxy) is 3. The summed E-state index contributed by atoms with van der Waals surface area (Å²) in [5.41, 5.74) is 3.12. The number of fused-ring (bicyclic) bond motifs is 3. The lowest BCUT2D eigenvalue weighted by Crippen LogP contribution is -2.69. The first-order valence-electron chi connectivity index (χ1n) is 24.7. The molecule has 0 aromatic heterocycles. The first-order chi connectivity index (χ1) is 31.8. The van der Waals surface area contributed by atoms with Crippen LogP contribution in [0, 0.1) is 17.8 Å². The van der Waals surface area contributed by atoms with Gasteiger partial charge >= 0.3 is 6.09 Å². The maximum Gasteiger partial charge on any atom is 0.412 e. The minimum atomic E-state index is -1.38. The molecule has 0 radical (unpaired) electrons. The lowest BCUT2D eigenvalue weighted by atomic mass is 9.55. The van der Waals surface area contributed by atoms with Gasteiger partial charge in [-0.2, -0.15) is 0 Å². The van der Waals surface area contributed by atoms with Crippen LogP contribution in [0.4, 0.5) is 4.79 Å². The smallest absolute Gasteiger partial charge is 0.412 e. The molecule has 11 heteroatoms. The number of nitrogens with one attached hydrogen (secondary N) is 1. The highest BCUT2D eigenvalue weighted by molar-refractivity contribution is 6.04. The van der Waals surface area contributed by atoms with Gasteiger partial charge in [0.05, 0.1) is 18.2 Å². The van der Waals surface area contributed by atoms with E-state index in [1.54, 1.807) is 17.0 Å². The van der Waals surface area contributed by atoms with Crippen molar-refractivity contribution in [3.8, 4) is 11.5 Å². The number of hydrogen-bond donors (Lipinski definition) is 3. The molecule has 1 heterocycles. The summed E-state index contributed by atoms with van der Waals surface area (Å²) < 4.78 is 20.3. The van der Waals surface area contributed by atoms with Gasteiger partial charge in [0, 0.05) is 50.3 Å². The Bertz CT molecular complexity index is 2070. The number of oxime groups is 1. The molecule has 0 bridgehead atoms. The Kier molecular flexibility index (Phi) is 19.3. The molecule has 354 valence electrons. The van der Waals surface area contributed by atoms with Crippen LogP contribution < -0.4 is 14.8 Å². The van der Waals surface area contributed by atoms with Gasteiger partial charge in [-0.1, -0.05) is 125 Å². The molecule has 3 aliphatic rings. The Hall–Kier alpha value is -4.71. The number of carbonyl (C=O) groups excluding carboxylic acids is 2. The van der Waals surface area contributed by atoms with E-state index in [9.17, 15) is 19.8 Å². The molecule has 65 heavy (non-hydrogen) atoms. The molecule has 2 aliphatic carbocycles.